The predicted octanol–water partition coefficient (Wildman–Crippen LogP) is 4.26. The molecule has 0 atom stereocenters. The number of piperidine rings is 1. The van der Waals surface area contributed by atoms with Gasteiger partial charge in [0.2, 0.25) is 0 Å². The lowest BCUT2D eigenvalue weighted by atomic mass is 10.0. The van der Waals surface area contributed by atoms with Crippen molar-refractivity contribution in [1.82, 2.24) is 10.3 Å². The number of rotatable bonds is 7. The summed E-state index contributed by atoms with van der Waals surface area (Å²) in [5.41, 5.74) is 3.05. The van der Waals surface area contributed by atoms with Gasteiger partial charge < -0.3 is 15.4 Å². The number of ether oxygens (including phenoxy) is 1. The molecular weight excluding hydrogens is 352 g/mol. The molecule has 2 heterocycles. The monoisotopic (exact) mass is 386 g/mol. The Labute approximate surface area is 169 Å². The van der Waals surface area contributed by atoms with E-state index in [0.29, 0.717) is 18.2 Å². The van der Waals surface area contributed by atoms with Gasteiger partial charge in [0.05, 0.1) is 18.7 Å². The molecule has 154 valence electrons. The van der Waals surface area contributed by atoms with Crippen molar-refractivity contribution in [1.29, 1.82) is 0 Å². The number of unbranched alkanes of at least 4 members (excludes halogenated alkanes) is 1. The molecular formula is C22H34N4O2. The third kappa shape index (κ3) is 8.95. The smallest absolute Gasteiger partial charge is 0.310 e. The zero-order chi connectivity index (χ0) is 20.8. The fourth-order valence-corrected chi connectivity index (χ4v) is 2.43. The largest absolute Gasteiger partial charge is 0.466 e. The van der Waals surface area contributed by atoms with Crippen molar-refractivity contribution in [3.05, 3.63) is 47.9 Å². The van der Waals surface area contributed by atoms with Crippen LogP contribution in [-0.4, -0.2) is 36.4 Å². The summed E-state index contributed by atoms with van der Waals surface area (Å²) in [6.45, 7) is 14.2. The van der Waals surface area contributed by atoms with E-state index in [0.717, 1.165) is 30.8 Å². The van der Waals surface area contributed by atoms with Crippen molar-refractivity contribution in [2.45, 2.75) is 53.4 Å². The standard InChI is InChI=1S/C18H24N4O2.C4H10/c1-4-15-8-9-19-12-16(15)21-13(3)22-17-7-6-14(11-20-17)10-18(23)24-5-2;1-3-4-2/h4,6-7,11,19H,3,5,8-10,12H2,1-2H3,(H,20,22);3-4H2,1-2H3/b15-4-,21-16-;. The van der Waals surface area contributed by atoms with Gasteiger partial charge in [0.25, 0.3) is 0 Å². The van der Waals surface area contributed by atoms with Gasteiger partial charge in [0, 0.05) is 12.7 Å². The van der Waals surface area contributed by atoms with E-state index in [9.17, 15) is 4.79 Å². The zero-order valence-electron chi connectivity index (χ0n) is 17.7. The van der Waals surface area contributed by atoms with Gasteiger partial charge >= 0.3 is 5.97 Å². The van der Waals surface area contributed by atoms with E-state index in [1.54, 1.807) is 19.2 Å². The second-order valence-corrected chi connectivity index (χ2v) is 6.40. The number of anilines is 1. The van der Waals surface area contributed by atoms with E-state index in [-0.39, 0.29) is 12.4 Å². The molecule has 0 aromatic carbocycles. The fraction of sp³-hybridized carbons (Fsp3) is 0.500. The first kappa shape index (κ1) is 23.6. The molecule has 0 spiro atoms. The van der Waals surface area contributed by atoms with Gasteiger partial charge in [-0.15, -0.1) is 0 Å². The molecule has 0 aliphatic carbocycles. The molecule has 28 heavy (non-hydrogen) atoms. The Bertz CT molecular complexity index is 676. The molecule has 0 radical (unpaired) electrons. The molecule has 6 nitrogen and oxygen atoms in total. The van der Waals surface area contributed by atoms with Crippen molar-refractivity contribution < 1.29 is 9.53 Å². The van der Waals surface area contributed by atoms with Crippen LogP contribution >= 0.6 is 0 Å². The number of pyridine rings is 1. The van der Waals surface area contributed by atoms with E-state index in [4.69, 9.17) is 4.74 Å². The van der Waals surface area contributed by atoms with Gasteiger partial charge in [-0.1, -0.05) is 45.4 Å². The lowest BCUT2D eigenvalue weighted by Gasteiger charge is -2.18. The first-order valence-corrected chi connectivity index (χ1v) is 10.0. The van der Waals surface area contributed by atoms with Crippen LogP contribution in [0.15, 0.2) is 47.4 Å². The first-order chi connectivity index (χ1) is 13.5. The van der Waals surface area contributed by atoms with Crippen LogP contribution in [0.4, 0.5) is 5.82 Å². The van der Waals surface area contributed by atoms with Crippen LogP contribution in [0.25, 0.3) is 0 Å². The maximum Gasteiger partial charge on any atom is 0.310 e. The Hall–Kier alpha value is -2.47. The summed E-state index contributed by atoms with van der Waals surface area (Å²) in [4.78, 5) is 20.3. The van der Waals surface area contributed by atoms with Crippen molar-refractivity contribution in [3.63, 3.8) is 0 Å². The fourth-order valence-electron chi connectivity index (χ4n) is 2.43. The van der Waals surface area contributed by atoms with Gasteiger partial charge in [-0.2, -0.15) is 0 Å². The molecule has 0 amide bonds. The number of carbonyl (C=O) groups is 1. The predicted molar refractivity (Wildman–Crippen MR) is 117 cm³/mol. The molecule has 1 aromatic heterocycles. The lowest BCUT2D eigenvalue weighted by Crippen LogP contribution is -2.32. The molecule has 0 bridgehead atoms. The van der Waals surface area contributed by atoms with Crippen molar-refractivity contribution in [3.8, 4) is 0 Å². The second kappa shape index (κ2) is 13.7. The minimum Gasteiger partial charge on any atom is -0.466 e. The summed E-state index contributed by atoms with van der Waals surface area (Å²) >= 11 is 0. The number of esters is 1. The number of aliphatic imine (C=N–C) groups is 1. The van der Waals surface area contributed by atoms with Crippen LogP contribution in [0.3, 0.4) is 0 Å². The van der Waals surface area contributed by atoms with Crippen molar-refractivity contribution in [2.75, 3.05) is 25.0 Å². The third-order valence-electron chi connectivity index (χ3n) is 4.10. The molecule has 1 aliphatic rings. The zero-order valence-corrected chi connectivity index (χ0v) is 17.7. The number of carbonyl (C=O) groups excluding carboxylic acids is 1. The Kier molecular flexibility index (Phi) is 11.5. The maximum absolute atomic E-state index is 11.4. The summed E-state index contributed by atoms with van der Waals surface area (Å²) in [7, 11) is 0. The highest BCUT2D eigenvalue weighted by Gasteiger charge is 2.12. The van der Waals surface area contributed by atoms with E-state index in [1.165, 1.54) is 18.4 Å². The maximum atomic E-state index is 11.4. The molecule has 2 N–H and O–H groups in total. The highest BCUT2D eigenvalue weighted by Crippen LogP contribution is 2.13. The van der Waals surface area contributed by atoms with Crippen molar-refractivity contribution in [2.24, 2.45) is 4.99 Å². The van der Waals surface area contributed by atoms with Crippen LogP contribution in [0.2, 0.25) is 0 Å². The first-order valence-electron chi connectivity index (χ1n) is 10.0. The molecule has 2 rings (SSSR count). The number of hydrogen-bond donors (Lipinski definition) is 2. The average Bonchev–Trinajstić information content (AvgIpc) is 2.70. The van der Waals surface area contributed by atoms with Gasteiger partial charge in [0.15, 0.2) is 0 Å². The van der Waals surface area contributed by atoms with Crippen LogP contribution in [-0.2, 0) is 16.0 Å². The number of aromatic nitrogens is 1. The Morgan fingerprint density at radius 2 is 2.11 bits per heavy atom. The van der Waals surface area contributed by atoms with Gasteiger partial charge in [0.1, 0.15) is 11.6 Å². The van der Waals surface area contributed by atoms with Crippen molar-refractivity contribution >= 4 is 17.5 Å². The van der Waals surface area contributed by atoms with E-state index < -0.39 is 0 Å². The molecule has 1 fully saturated rings. The second-order valence-electron chi connectivity index (χ2n) is 6.40. The highest BCUT2D eigenvalue weighted by atomic mass is 16.5. The van der Waals surface area contributed by atoms with E-state index >= 15 is 0 Å². The van der Waals surface area contributed by atoms with Crippen LogP contribution in [0, 0.1) is 0 Å². The Balaban J connectivity index is 0.000000892. The summed E-state index contributed by atoms with van der Waals surface area (Å²) in [5.74, 6) is 0.931. The quantitative estimate of drug-likeness (QED) is 0.685. The Morgan fingerprint density at radius 3 is 2.68 bits per heavy atom. The van der Waals surface area contributed by atoms with Gasteiger partial charge in [-0.05, 0) is 44.0 Å². The summed E-state index contributed by atoms with van der Waals surface area (Å²) in [6, 6.07) is 3.64. The summed E-state index contributed by atoms with van der Waals surface area (Å²) in [5, 5.41) is 6.38. The van der Waals surface area contributed by atoms with Crippen LogP contribution in [0.1, 0.15) is 52.5 Å². The lowest BCUT2D eigenvalue weighted by molar-refractivity contribution is -0.142. The third-order valence-corrected chi connectivity index (χ3v) is 4.10. The SMILES string of the molecule is C=C(/N=C1/CNCC/C1=C/C)Nc1ccc(CC(=O)OCC)cn1.CCCC. The number of nitrogens with zero attached hydrogens (tertiary/aromatic N) is 2. The van der Waals surface area contributed by atoms with Crippen LogP contribution in [0.5, 0.6) is 0 Å². The molecule has 0 saturated carbocycles. The number of hydrogen-bond acceptors (Lipinski definition) is 6. The minimum absolute atomic E-state index is 0.223. The molecule has 6 heteroatoms. The molecule has 1 aromatic rings. The van der Waals surface area contributed by atoms with Crippen LogP contribution < -0.4 is 10.6 Å². The van der Waals surface area contributed by atoms with E-state index in [1.807, 2.05) is 13.0 Å². The van der Waals surface area contributed by atoms with Gasteiger partial charge in [-0.25, -0.2) is 9.98 Å². The summed E-state index contributed by atoms with van der Waals surface area (Å²) < 4.78 is 4.92. The number of nitrogens with one attached hydrogen (secondary N) is 2. The minimum atomic E-state index is -0.250. The molecule has 0 unspecified atom stereocenters. The van der Waals surface area contributed by atoms with E-state index in [2.05, 4.69) is 47.1 Å². The summed E-state index contributed by atoms with van der Waals surface area (Å²) in [6.07, 6.45) is 7.58. The normalized spacial score (nSPS) is 16.3. The molecule has 1 aliphatic heterocycles. The molecule has 1 saturated heterocycles. The topological polar surface area (TPSA) is 75.6 Å². The highest BCUT2D eigenvalue weighted by molar-refractivity contribution is 6.03. The Morgan fingerprint density at radius 1 is 1.36 bits per heavy atom. The van der Waals surface area contributed by atoms with Gasteiger partial charge in [-0.3, -0.25) is 4.79 Å². The average molecular weight is 387 g/mol. The number of allylic oxidation sites excluding steroid dienone is 1.